The monoisotopic (exact) mass is 323 g/mol. The van der Waals surface area contributed by atoms with Gasteiger partial charge in [-0.2, -0.15) is 0 Å². The van der Waals surface area contributed by atoms with E-state index in [0.717, 1.165) is 23.0 Å². The lowest BCUT2D eigenvalue weighted by molar-refractivity contribution is 0.262. The van der Waals surface area contributed by atoms with Crippen LogP contribution in [0, 0.1) is 0 Å². The molecule has 0 saturated carbocycles. The first-order valence-electron chi connectivity index (χ1n) is 7.83. The molecule has 122 valence electrons. The Balaban J connectivity index is 1.50. The molecule has 1 aliphatic rings. The lowest BCUT2D eigenvalue weighted by Gasteiger charge is -2.11. The number of nitrogens with one attached hydrogen (secondary N) is 3. The summed E-state index contributed by atoms with van der Waals surface area (Å²) in [4.78, 5) is 15.4. The molecule has 6 heteroatoms. The fourth-order valence-electron chi connectivity index (χ4n) is 2.72. The van der Waals surface area contributed by atoms with E-state index >= 15 is 0 Å². The second-order valence-corrected chi connectivity index (χ2v) is 5.54. The second-order valence-electron chi connectivity index (χ2n) is 5.54. The van der Waals surface area contributed by atoms with Crippen molar-refractivity contribution in [2.45, 2.75) is 6.42 Å². The van der Waals surface area contributed by atoms with Crippen LogP contribution in [0.5, 0.6) is 11.5 Å². The number of aromatic amines is 1. The second kappa shape index (κ2) is 6.16. The average Bonchev–Trinajstić information content (AvgIpc) is 2.94. The number of hydrogen-bond donors (Lipinski definition) is 3. The van der Waals surface area contributed by atoms with Gasteiger partial charge in [0.1, 0.15) is 0 Å². The molecule has 0 radical (unpaired) electrons. The Labute approximate surface area is 138 Å². The van der Waals surface area contributed by atoms with Crippen LogP contribution in [-0.4, -0.2) is 24.2 Å². The molecule has 0 bridgehead atoms. The normalized spacial score (nSPS) is 13.3. The molecule has 1 aromatic heterocycles. The maximum absolute atomic E-state index is 12.3. The SMILES string of the molecule is O=C(Nc1ccc2c(c1)OCCCO2)Nc1cccc2[nH]ccc12. The topological polar surface area (TPSA) is 75.4 Å². The number of fused-ring (bicyclic) bond motifs is 2. The summed E-state index contributed by atoms with van der Waals surface area (Å²) in [5.74, 6) is 1.36. The van der Waals surface area contributed by atoms with E-state index in [-0.39, 0.29) is 6.03 Å². The molecule has 24 heavy (non-hydrogen) atoms. The summed E-state index contributed by atoms with van der Waals surface area (Å²) in [5, 5.41) is 6.66. The van der Waals surface area contributed by atoms with E-state index in [1.807, 2.05) is 36.5 Å². The van der Waals surface area contributed by atoms with Gasteiger partial charge in [-0.15, -0.1) is 0 Å². The molecule has 6 nitrogen and oxygen atoms in total. The Morgan fingerprint density at radius 2 is 1.88 bits per heavy atom. The van der Waals surface area contributed by atoms with Crippen LogP contribution in [0.25, 0.3) is 10.9 Å². The molecule has 3 N–H and O–H groups in total. The van der Waals surface area contributed by atoms with Gasteiger partial charge in [0.15, 0.2) is 11.5 Å². The first kappa shape index (κ1) is 14.4. The summed E-state index contributed by atoms with van der Waals surface area (Å²) >= 11 is 0. The van der Waals surface area contributed by atoms with Gasteiger partial charge in [-0.1, -0.05) is 6.07 Å². The zero-order chi connectivity index (χ0) is 16.4. The van der Waals surface area contributed by atoms with Crippen molar-refractivity contribution in [2.75, 3.05) is 23.8 Å². The van der Waals surface area contributed by atoms with Crippen molar-refractivity contribution in [1.82, 2.24) is 4.98 Å². The van der Waals surface area contributed by atoms with Gasteiger partial charge in [0, 0.05) is 35.3 Å². The number of aromatic nitrogens is 1. The molecule has 3 aromatic rings. The third-order valence-electron chi connectivity index (χ3n) is 3.85. The highest BCUT2D eigenvalue weighted by Crippen LogP contribution is 2.32. The highest BCUT2D eigenvalue weighted by Gasteiger charge is 2.12. The van der Waals surface area contributed by atoms with Gasteiger partial charge in [-0.25, -0.2) is 4.79 Å². The van der Waals surface area contributed by atoms with Crippen LogP contribution in [0.1, 0.15) is 6.42 Å². The number of ether oxygens (including phenoxy) is 2. The van der Waals surface area contributed by atoms with Crippen molar-refractivity contribution in [3.05, 3.63) is 48.7 Å². The number of H-pyrrole nitrogens is 1. The number of hydrogen-bond acceptors (Lipinski definition) is 3. The predicted octanol–water partition coefficient (Wildman–Crippen LogP) is 3.97. The Morgan fingerprint density at radius 3 is 2.79 bits per heavy atom. The smallest absolute Gasteiger partial charge is 0.323 e. The first-order chi connectivity index (χ1) is 11.8. The molecular formula is C18H17N3O3. The molecule has 1 aliphatic heterocycles. The molecule has 0 fully saturated rings. The Hall–Kier alpha value is -3.15. The molecule has 0 spiro atoms. The van der Waals surface area contributed by atoms with Crippen LogP contribution >= 0.6 is 0 Å². The minimum Gasteiger partial charge on any atom is -0.490 e. The number of carbonyl (C=O) groups is 1. The molecule has 0 atom stereocenters. The largest absolute Gasteiger partial charge is 0.490 e. The average molecular weight is 323 g/mol. The Morgan fingerprint density at radius 1 is 1.00 bits per heavy atom. The quantitative estimate of drug-likeness (QED) is 0.668. The molecule has 0 aliphatic carbocycles. The maximum Gasteiger partial charge on any atom is 0.323 e. The fourth-order valence-corrected chi connectivity index (χ4v) is 2.72. The van der Waals surface area contributed by atoms with Gasteiger partial charge in [0.05, 0.1) is 18.9 Å². The van der Waals surface area contributed by atoms with Crippen molar-refractivity contribution in [3.63, 3.8) is 0 Å². The van der Waals surface area contributed by atoms with E-state index in [4.69, 9.17) is 9.47 Å². The Kier molecular flexibility index (Phi) is 3.70. The molecule has 4 rings (SSSR count). The van der Waals surface area contributed by atoms with Gasteiger partial charge < -0.3 is 25.1 Å². The van der Waals surface area contributed by atoms with Crippen molar-refractivity contribution < 1.29 is 14.3 Å². The van der Waals surface area contributed by atoms with Gasteiger partial charge in [0.2, 0.25) is 0 Å². The maximum atomic E-state index is 12.3. The molecule has 2 heterocycles. The zero-order valence-electron chi connectivity index (χ0n) is 13.0. The number of anilines is 2. The van der Waals surface area contributed by atoms with E-state index < -0.39 is 0 Å². The number of benzene rings is 2. The van der Waals surface area contributed by atoms with Crippen molar-refractivity contribution in [3.8, 4) is 11.5 Å². The van der Waals surface area contributed by atoms with Crippen LogP contribution in [0.3, 0.4) is 0 Å². The molecular weight excluding hydrogens is 306 g/mol. The minimum atomic E-state index is -0.307. The fraction of sp³-hybridized carbons (Fsp3) is 0.167. The Bertz CT molecular complexity index is 888. The first-order valence-corrected chi connectivity index (χ1v) is 7.83. The van der Waals surface area contributed by atoms with Crippen LogP contribution in [0.2, 0.25) is 0 Å². The van der Waals surface area contributed by atoms with E-state index in [0.29, 0.717) is 30.4 Å². The van der Waals surface area contributed by atoms with Gasteiger partial charge in [-0.05, 0) is 30.3 Å². The van der Waals surface area contributed by atoms with E-state index in [2.05, 4.69) is 15.6 Å². The van der Waals surface area contributed by atoms with Crippen molar-refractivity contribution in [1.29, 1.82) is 0 Å². The van der Waals surface area contributed by atoms with Crippen LogP contribution in [0.15, 0.2) is 48.7 Å². The number of amides is 2. The standard InChI is InChI=1S/C18H17N3O3/c22-18(21-15-4-1-3-14-13(15)7-8-19-14)20-12-5-6-16-17(11-12)24-10-2-9-23-16/h1,3-8,11,19H,2,9-10H2,(H2,20,21,22). The third kappa shape index (κ3) is 2.86. The molecule has 2 aromatic carbocycles. The summed E-state index contributed by atoms with van der Waals surface area (Å²) < 4.78 is 11.2. The van der Waals surface area contributed by atoms with E-state index in [9.17, 15) is 4.79 Å². The summed E-state index contributed by atoms with van der Waals surface area (Å²) in [7, 11) is 0. The summed E-state index contributed by atoms with van der Waals surface area (Å²) in [5.41, 5.74) is 2.38. The van der Waals surface area contributed by atoms with Crippen molar-refractivity contribution >= 4 is 28.3 Å². The van der Waals surface area contributed by atoms with Gasteiger partial charge >= 0.3 is 6.03 Å². The lowest BCUT2D eigenvalue weighted by atomic mass is 10.2. The highest BCUT2D eigenvalue weighted by molar-refractivity contribution is 6.05. The summed E-state index contributed by atoms with van der Waals surface area (Å²) in [6, 6.07) is 12.7. The predicted molar refractivity (Wildman–Crippen MR) is 93.0 cm³/mol. The van der Waals surface area contributed by atoms with Crippen molar-refractivity contribution in [2.24, 2.45) is 0 Å². The van der Waals surface area contributed by atoms with E-state index in [1.165, 1.54) is 0 Å². The molecule has 2 amide bonds. The molecule has 0 unspecified atom stereocenters. The highest BCUT2D eigenvalue weighted by atomic mass is 16.5. The molecule has 0 saturated heterocycles. The minimum absolute atomic E-state index is 0.307. The number of urea groups is 1. The van der Waals surface area contributed by atoms with Crippen LogP contribution in [0.4, 0.5) is 16.2 Å². The van der Waals surface area contributed by atoms with E-state index in [1.54, 1.807) is 12.1 Å². The van der Waals surface area contributed by atoms with Gasteiger partial charge in [0.25, 0.3) is 0 Å². The van der Waals surface area contributed by atoms with Crippen LogP contribution < -0.4 is 20.1 Å². The zero-order valence-corrected chi connectivity index (χ0v) is 13.0. The lowest BCUT2D eigenvalue weighted by Crippen LogP contribution is -2.19. The third-order valence-corrected chi connectivity index (χ3v) is 3.85. The summed E-state index contributed by atoms with van der Waals surface area (Å²) in [6.07, 6.45) is 2.69. The number of rotatable bonds is 2. The summed E-state index contributed by atoms with van der Waals surface area (Å²) in [6.45, 7) is 1.25. The number of carbonyl (C=O) groups excluding carboxylic acids is 1. The van der Waals surface area contributed by atoms with Gasteiger partial charge in [-0.3, -0.25) is 0 Å². The van der Waals surface area contributed by atoms with Crippen LogP contribution in [-0.2, 0) is 0 Å².